The minimum Gasteiger partial charge on any atom is -0.494 e. The first-order chi connectivity index (χ1) is 11.5. The van der Waals surface area contributed by atoms with Gasteiger partial charge in [0, 0.05) is 5.56 Å². The van der Waals surface area contributed by atoms with E-state index >= 15 is 0 Å². The van der Waals surface area contributed by atoms with Crippen molar-refractivity contribution in [2.24, 2.45) is 0 Å². The van der Waals surface area contributed by atoms with E-state index in [1.165, 1.54) is 43.5 Å². The zero-order valence-electron chi connectivity index (χ0n) is 12.4. The maximum absolute atomic E-state index is 12.9. The van der Waals surface area contributed by atoms with Crippen LogP contribution in [0.5, 0.6) is 5.75 Å². The fraction of sp³-hybridized carbons (Fsp3) is 0.0625. The smallest absolute Gasteiger partial charge is 0.337 e. The first kappa shape index (κ1) is 15.9. The van der Waals surface area contributed by atoms with E-state index in [4.69, 9.17) is 4.74 Å². The highest BCUT2D eigenvalue weighted by atomic mass is 32.1. The van der Waals surface area contributed by atoms with E-state index in [1.807, 2.05) is 0 Å². The molecule has 0 atom stereocenters. The van der Waals surface area contributed by atoms with Gasteiger partial charge in [-0.25, -0.2) is 14.2 Å². The predicted molar refractivity (Wildman–Crippen MR) is 87.5 cm³/mol. The lowest BCUT2D eigenvalue weighted by Gasteiger charge is -2.01. The number of methoxy groups -OCH3 is 1. The van der Waals surface area contributed by atoms with Crippen LogP contribution in [0.15, 0.2) is 36.4 Å². The molecule has 8 heteroatoms. The summed E-state index contributed by atoms with van der Waals surface area (Å²) in [6.45, 7) is 0. The van der Waals surface area contributed by atoms with Crippen molar-refractivity contribution in [1.29, 1.82) is 0 Å². The Balaban J connectivity index is 1.98. The summed E-state index contributed by atoms with van der Waals surface area (Å²) in [5.74, 6) is -1.59. The van der Waals surface area contributed by atoms with Crippen LogP contribution in [0, 0.1) is 5.82 Å². The normalized spacial score (nSPS) is 10.6. The summed E-state index contributed by atoms with van der Waals surface area (Å²) >= 11 is 1.03. The summed E-state index contributed by atoms with van der Waals surface area (Å²) < 4.78 is 18.5. The number of halogens is 1. The van der Waals surface area contributed by atoms with Crippen LogP contribution in [0.3, 0.4) is 0 Å². The van der Waals surface area contributed by atoms with Crippen molar-refractivity contribution in [2.75, 3.05) is 12.4 Å². The number of nitrogens with zero attached hydrogens (tertiary/aromatic N) is 1. The molecule has 6 nitrogen and oxygen atoms in total. The third-order valence-corrected chi connectivity index (χ3v) is 4.29. The lowest BCUT2D eigenvalue weighted by atomic mass is 10.2. The summed E-state index contributed by atoms with van der Waals surface area (Å²) in [4.78, 5) is 27.7. The molecular formula is C16H11FN2O4S. The molecular weight excluding hydrogens is 335 g/mol. The second-order valence-electron chi connectivity index (χ2n) is 4.78. The summed E-state index contributed by atoms with van der Waals surface area (Å²) in [5.41, 5.74) is 0.698. The average Bonchev–Trinajstić information content (AvgIpc) is 2.97. The molecule has 0 spiro atoms. The van der Waals surface area contributed by atoms with Crippen molar-refractivity contribution >= 4 is 38.6 Å². The SMILES string of the molecule is COc1ccc(C(=O)O)c2sc(NC(=O)c3ccc(F)cc3)nc12. The molecule has 1 aromatic heterocycles. The number of aromatic carboxylic acids is 1. The molecule has 2 aromatic carbocycles. The number of carbonyl (C=O) groups excluding carboxylic acids is 1. The number of amides is 1. The Morgan fingerprint density at radius 2 is 1.92 bits per heavy atom. The van der Waals surface area contributed by atoms with Gasteiger partial charge in [-0.15, -0.1) is 0 Å². The van der Waals surface area contributed by atoms with Crippen LogP contribution in [0.4, 0.5) is 9.52 Å². The number of ether oxygens (including phenoxy) is 1. The van der Waals surface area contributed by atoms with Crippen molar-refractivity contribution in [1.82, 2.24) is 4.98 Å². The van der Waals surface area contributed by atoms with Gasteiger partial charge in [-0.2, -0.15) is 0 Å². The van der Waals surface area contributed by atoms with Crippen molar-refractivity contribution in [2.45, 2.75) is 0 Å². The predicted octanol–water partition coefficient (Wildman–Crippen LogP) is 3.39. The third kappa shape index (κ3) is 2.91. The van der Waals surface area contributed by atoms with Gasteiger partial charge < -0.3 is 9.84 Å². The Labute approximate surface area is 139 Å². The van der Waals surface area contributed by atoms with E-state index in [2.05, 4.69) is 10.3 Å². The van der Waals surface area contributed by atoms with Crippen LogP contribution in [0.25, 0.3) is 10.2 Å². The number of benzene rings is 2. The summed E-state index contributed by atoms with van der Waals surface area (Å²) in [6.07, 6.45) is 0. The highest BCUT2D eigenvalue weighted by molar-refractivity contribution is 7.22. The molecule has 122 valence electrons. The molecule has 1 heterocycles. The monoisotopic (exact) mass is 346 g/mol. The van der Waals surface area contributed by atoms with Gasteiger partial charge in [0.1, 0.15) is 17.1 Å². The Bertz CT molecular complexity index is 937. The van der Waals surface area contributed by atoms with Crippen LogP contribution in [0.1, 0.15) is 20.7 Å². The molecule has 24 heavy (non-hydrogen) atoms. The largest absolute Gasteiger partial charge is 0.494 e. The lowest BCUT2D eigenvalue weighted by molar-refractivity contribution is 0.0699. The molecule has 3 rings (SSSR count). The molecule has 0 aliphatic rings. The fourth-order valence-electron chi connectivity index (χ4n) is 2.14. The number of hydrogen-bond donors (Lipinski definition) is 2. The second kappa shape index (κ2) is 6.25. The van der Waals surface area contributed by atoms with Gasteiger partial charge in [-0.1, -0.05) is 11.3 Å². The summed E-state index contributed by atoms with van der Waals surface area (Å²) in [7, 11) is 1.45. The van der Waals surface area contributed by atoms with Crippen molar-refractivity contribution in [3.8, 4) is 5.75 Å². The van der Waals surface area contributed by atoms with Gasteiger partial charge in [0.05, 0.1) is 17.4 Å². The molecule has 0 aliphatic heterocycles. The van der Waals surface area contributed by atoms with E-state index < -0.39 is 17.7 Å². The zero-order chi connectivity index (χ0) is 17.3. The minimum atomic E-state index is -1.09. The third-order valence-electron chi connectivity index (χ3n) is 3.28. The Hall–Kier alpha value is -3.00. The van der Waals surface area contributed by atoms with E-state index in [0.717, 1.165) is 11.3 Å². The number of fused-ring (bicyclic) bond motifs is 1. The van der Waals surface area contributed by atoms with E-state index in [0.29, 0.717) is 16.0 Å². The number of aromatic nitrogens is 1. The summed E-state index contributed by atoms with van der Waals surface area (Å²) in [5, 5.41) is 12.1. The van der Waals surface area contributed by atoms with E-state index in [1.54, 1.807) is 0 Å². The maximum Gasteiger partial charge on any atom is 0.337 e. The molecule has 0 saturated heterocycles. The number of carboxylic acids is 1. The minimum absolute atomic E-state index is 0.0746. The number of hydrogen-bond acceptors (Lipinski definition) is 5. The van der Waals surface area contributed by atoms with Crippen molar-refractivity contribution < 1.29 is 23.8 Å². The molecule has 0 radical (unpaired) electrons. The topological polar surface area (TPSA) is 88.5 Å². The number of carbonyl (C=O) groups is 2. The maximum atomic E-state index is 12.9. The van der Waals surface area contributed by atoms with Crippen LogP contribution in [0.2, 0.25) is 0 Å². The number of rotatable bonds is 4. The molecule has 1 amide bonds. The first-order valence-corrected chi connectivity index (χ1v) is 7.59. The van der Waals surface area contributed by atoms with Gasteiger partial charge in [0.15, 0.2) is 5.13 Å². The highest BCUT2D eigenvalue weighted by Crippen LogP contribution is 2.35. The number of thiazole rings is 1. The Kier molecular flexibility index (Phi) is 4.13. The van der Waals surface area contributed by atoms with Gasteiger partial charge in [0.25, 0.3) is 5.91 Å². The van der Waals surface area contributed by atoms with Gasteiger partial charge in [0.2, 0.25) is 0 Å². The molecule has 0 fully saturated rings. The standard InChI is InChI=1S/C16H11FN2O4S/c1-23-11-7-6-10(15(21)22)13-12(11)18-16(24-13)19-14(20)8-2-4-9(17)5-3-8/h2-7H,1H3,(H,21,22)(H,18,19,20). The Morgan fingerprint density at radius 1 is 1.21 bits per heavy atom. The van der Waals surface area contributed by atoms with Gasteiger partial charge in [-0.05, 0) is 36.4 Å². The van der Waals surface area contributed by atoms with Gasteiger partial charge in [-0.3, -0.25) is 10.1 Å². The molecule has 0 saturated carbocycles. The molecule has 2 N–H and O–H groups in total. The summed E-state index contributed by atoms with van der Waals surface area (Å²) in [6, 6.07) is 7.99. The molecule has 3 aromatic rings. The number of anilines is 1. The highest BCUT2D eigenvalue weighted by Gasteiger charge is 2.18. The average molecular weight is 346 g/mol. The van der Waals surface area contributed by atoms with Crippen molar-refractivity contribution in [3.05, 3.63) is 53.3 Å². The molecule has 0 aliphatic carbocycles. The Morgan fingerprint density at radius 3 is 2.54 bits per heavy atom. The second-order valence-corrected chi connectivity index (χ2v) is 5.78. The first-order valence-electron chi connectivity index (χ1n) is 6.77. The van der Waals surface area contributed by atoms with Crippen LogP contribution < -0.4 is 10.1 Å². The fourth-order valence-corrected chi connectivity index (χ4v) is 3.12. The zero-order valence-corrected chi connectivity index (χ0v) is 13.2. The van der Waals surface area contributed by atoms with E-state index in [-0.39, 0.29) is 16.3 Å². The quantitative estimate of drug-likeness (QED) is 0.756. The number of nitrogens with one attached hydrogen (secondary N) is 1. The van der Waals surface area contributed by atoms with Crippen LogP contribution in [-0.4, -0.2) is 29.1 Å². The van der Waals surface area contributed by atoms with E-state index in [9.17, 15) is 19.1 Å². The van der Waals surface area contributed by atoms with Crippen LogP contribution >= 0.6 is 11.3 Å². The van der Waals surface area contributed by atoms with Crippen molar-refractivity contribution in [3.63, 3.8) is 0 Å². The number of carboxylic acid groups (broad SMARTS) is 1. The van der Waals surface area contributed by atoms with Crippen LogP contribution in [-0.2, 0) is 0 Å². The lowest BCUT2D eigenvalue weighted by Crippen LogP contribution is -2.11. The van der Waals surface area contributed by atoms with Gasteiger partial charge >= 0.3 is 5.97 Å². The molecule has 0 bridgehead atoms. The molecule has 0 unspecified atom stereocenters.